The molecule has 2 aliphatic rings. The molecule has 1 aromatic rings. The lowest BCUT2D eigenvalue weighted by atomic mass is 9.75. The maximum absolute atomic E-state index is 14.0. The summed E-state index contributed by atoms with van der Waals surface area (Å²) < 4.78 is 14.6. The molecule has 0 radical (unpaired) electrons. The molecule has 1 saturated heterocycles. The summed E-state index contributed by atoms with van der Waals surface area (Å²) in [5.41, 5.74) is -0.426. The van der Waals surface area contributed by atoms with E-state index in [4.69, 9.17) is 0 Å². The summed E-state index contributed by atoms with van der Waals surface area (Å²) in [5, 5.41) is 2.87. The van der Waals surface area contributed by atoms with E-state index < -0.39 is 17.4 Å². The zero-order chi connectivity index (χ0) is 16.6. The first kappa shape index (κ1) is 16.4. The molecule has 3 rings (SSSR count). The number of rotatable bonds is 3. The Balaban J connectivity index is 1.77. The Bertz CT molecular complexity index is 641. The van der Waals surface area contributed by atoms with Crippen LogP contribution >= 0.6 is 15.9 Å². The van der Waals surface area contributed by atoms with E-state index in [-0.39, 0.29) is 12.5 Å². The molecule has 0 atom stereocenters. The Hall–Kier alpha value is -1.43. The van der Waals surface area contributed by atoms with E-state index in [1.54, 1.807) is 12.1 Å². The van der Waals surface area contributed by atoms with Crippen molar-refractivity contribution in [3.8, 4) is 0 Å². The first-order valence-corrected chi connectivity index (χ1v) is 8.82. The van der Waals surface area contributed by atoms with Gasteiger partial charge in [-0.25, -0.2) is 9.18 Å². The van der Waals surface area contributed by atoms with Gasteiger partial charge in [0.25, 0.3) is 5.91 Å². The molecule has 1 heterocycles. The van der Waals surface area contributed by atoms with Crippen molar-refractivity contribution in [1.82, 2.24) is 10.2 Å². The summed E-state index contributed by atoms with van der Waals surface area (Å²) in [5.74, 6) is -0.00159. The highest BCUT2D eigenvalue weighted by Crippen LogP contribution is 2.38. The lowest BCUT2D eigenvalue weighted by Gasteiger charge is -2.34. The smallest absolute Gasteiger partial charge is 0.323 e. The lowest BCUT2D eigenvalue weighted by Crippen LogP contribution is -2.49. The van der Waals surface area contributed by atoms with E-state index >= 15 is 0 Å². The van der Waals surface area contributed by atoms with E-state index in [0.29, 0.717) is 28.8 Å². The second-order valence-electron chi connectivity index (χ2n) is 6.49. The number of benzene rings is 1. The van der Waals surface area contributed by atoms with Crippen LogP contribution in [0.15, 0.2) is 22.7 Å². The minimum atomic E-state index is -0.769. The van der Waals surface area contributed by atoms with Crippen LogP contribution in [0.3, 0.4) is 0 Å². The highest BCUT2D eigenvalue weighted by molar-refractivity contribution is 9.10. The van der Waals surface area contributed by atoms with Crippen molar-refractivity contribution in [3.05, 3.63) is 34.1 Å². The first-order chi connectivity index (χ1) is 10.9. The minimum Gasteiger partial charge on any atom is -0.323 e. The Kier molecular flexibility index (Phi) is 4.45. The van der Waals surface area contributed by atoms with Crippen LogP contribution in [0.2, 0.25) is 0 Å². The van der Waals surface area contributed by atoms with Crippen molar-refractivity contribution in [1.29, 1.82) is 0 Å². The topological polar surface area (TPSA) is 49.4 Å². The third kappa shape index (κ3) is 3.01. The average molecular weight is 383 g/mol. The number of carbonyl (C=O) groups is 2. The Morgan fingerprint density at radius 3 is 2.65 bits per heavy atom. The van der Waals surface area contributed by atoms with Crippen molar-refractivity contribution >= 4 is 27.9 Å². The molecule has 1 spiro atoms. The van der Waals surface area contributed by atoms with E-state index in [1.165, 1.54) is 6.07 Å². The van der Waals surface area contributed by atoms with E-state index in [1.807, 2.05) is 0 Å². The summed E-state index contributed by atoms with van der Waals surface area (Å²) >= 11 is 3.20. The molecule has 1 saturated carbocycles. The van der Waals surface area contributed by atoms with Crippen LogP contribution in [0.1, 0.15) is 44.6 Å². The van der Waals surface area contributed by atoms with Crippen molar-refractivity contribution in [2.45, 2.75) is 51.1 Å². The fourth-order valence-electron chi connectivity index (χ4n) is 3.56. The minimum absolute atomic E-state index is 0.0251. The number of urea groups is 1. The van der Waals surface area contributed by atoms with Gasteiger partial charge in [-0.05, 0) is 43.7 Å². The van der Waals surface area contributed by atoms with Crippen molar-refractivity contribution < 1.29 is 14.0 Å². The predicted molar refractivity (Wildman–Crippen MR) is 88.2 cm³/mol. The average Bonchev–Trinajstić information content (AvgIpc) is 2.75. The number of halogens is 2. The summed E-state index contributed by atoms with van der Waals surface area (Å²) in [6.07, 6.45) is 4.35. The summed E-state index contributed by atoms with van der Waals surface area (Å²) in [6.45, 7) is 2.13. The molecule has 124 valence electrons. The van der Waals surface area contributed by atoms with Crippen LogP contribution < -0.4 is 5.32 Å². The zero-order valence-corrected chi connectivity index (χ0v) is 14.7. The van der Waals surface area contributed by atoms with Crippen molar-refractivity contribution in [2.75, 3.05) is 0 Å². The highest BCUT2D eigenvalue weighted by Gasteiger charge is 2.52. The molecular weight excluding hydrogens is 363 g/mol. The number of hydrogen-bond acceptors (Lipinski definition) is 2. The normalized spacial score (nSPS) is 27.6. The number of nitrogens with zero attached hydrogens (tertiary/aromatic N) is 1. The molecule has 0 unspecified atom stereocenters. The molecule has 3 amide bonds. The van der Waals surface area contributed by atoms with E-state index in [0.717, 1.165) is 24.2 Å². The molecule has 1 aromatic carbocycles. The quantitative estimate of drug-likeness (QED) is 0.803. The molecule has 0 aromatic heterocycles. The number of carbonyl (C=O) groups excluding carboxylic acids is 2. The van der Waals surface area contributed by atoms with Crippen LogP contribution in [0.4, 0.5) is 9.18 Å². The maximum atomic E-state index is 14.0. The van der Waals surface area contributed by atoms with Gasteiger partial charge in [0, 0.05) is 10.0 Å². The Labute approximate surface area is 143 Å². The van der Waals surface area contributed by atoms with E-state index in [2.05, 4.69) is 28.2 Å². The summed E-state index contributed by atoms with van der Waals surface area (Å²) in [4.78, 5) is 26.2. The zero-order valence-electron chi connectivity index (χ0n) is 13.1. The molecule has 1 N–H and O–H groups in total. The third-order valence-corrected chi connectivity index (χ3v) is 5.62. The van der Waals surface area contributed by atoms with Crippen molar-refractivity contribution in [3.63, 3.8) is 0 Å². The Morgan fingerprint density at radius 1 is 1.35 bits per heavy atom. The summed E-state index contributed by atoms with van der Waals surface area (Å²) in [6, 6.07) is 4.24. The first-order valence-electron chi connectivity index (χ1n) is 8.03. The largest absolute Gasteiger partial charge is 0.325 e. The lowest BCUT2D eigenvalue weighted by molar-refractivity contribution is -0.133. The predicted octanol–water partition coefficient (Wildman–Crippen LogP) is 3.98. The number of nitrogens with one attached hydrogen (secondary N) is 1. The number of amides is 3. The van der Waals surface area contributed by atoms with Gasteiger partial charge in [0.05, 0.1) is 6.54 Å². The molecule has 1 aliphatic carbocycles. The molecule has 1 aliphatic heterocycles. The van der Waals surface area contributed by atoms with Crippen LogP contribution in [-0.4, -0.2) is 22.4 Å². The van der Waals surface area contributed by atoms with Gasteiger partial charge in [0.15, 0.2) is 0 Å². The van der Waals surface area contributed by atoms with Gasteiger partial charge in [0.1, 0.15) is 11.4 Å². The monoisotopic (exact) mass is 382 g/mol. The van der Waals surface area contributed by atoms with Gasteiger partial charge < -0.3 is 5.32 Å². The molecule has 4 nitrogen and oxygen atoms in total. The molecule has 2 fully saturated rings. The van der Waals surface area contributed by atoms with Crippen LogP contribution in [0.25, 0.3) is 0 Å². The number of hydrogen-bond donors (Lipinski definition) is 1. The second-order valence-corrected chi connectivity index (χ2v) is 7.41. The molecule has 0 bridgehead atoms. The van der Waals surface area contributed by atoms with Gasteiger partial charge in [-0.2, -0.15) is 0 Å². The molecular formula is C17H20BrFN2O2. The number of imide groups is 1. The van der Waals surface area contributed by atoms with Crippen LogP contribution in [0, 0.1) is 11.7 Å². The Morgan fingerprint density at radius 2 is 2.04 bits per heavy atom. The van der Waals surface area contributed by atoms with Crippen LogP contribution in [-0.2, 0) is 11.3 Å². The molecule has 6 heteroatoms. The van der Waals surface area contributed by atoms with Gasteiger partial charge in [-0.15, -0.1) is 0 Å². The van der Waals surface area contributed by atoms with Gasteiger partial charge >= 0.3 is 6.03 Å². The van der Waals surface area contributed by atoms with E-state index in [9.17, 15) is 14.0 Å². The SMILES string of the molecule is CCC1CCC2(CC1)NC(=O)N(Cc1ccc(Br)cc1F)C2=O. The fourth-order valence-corrected chi connectivity index (χ4v) is 3.89. The maximum Gasteiger partial charge on any atom is 0.325 e. The van der Waals surface area contributed by atoms with Gasteiger partial charge in [0.2, 0.25) is 0 Å². The second kappa shape index (κ2) is 6.23. The van der Waals surface area contributed by atoms with Gasteiger partial charge in [-0.1, -0.05) is 35.3 Å². The van der Waals surface area contributed by atoms with Crippen molar-refractivity contribution in [2.24, 2.45) is 5.92 Å². The summed E-state index contributed by atoms with van der Waals surface area (Å²) in [7, 11) is 0. The standard InChI is InChI=1S/C17H20BrFN2O2/c1-2-11-5-7-17(8-6-11)15(22)21(16(23)20-17)10-12-3-4-13(18)9-14(12)19/h3-4,9,11H,2,5-8,10H2,1H3,(H,20,23). The van der Waals surface area contributed by atoms with Crippen LogP contribution in [0.5, 0.6) is 0 Å². The fraction of sp³-hybridized carbons (Fsp3) is 0.529. The third-order valence-electron chi connectivity index (χ3n) is 5.13. The molecule has 23 heavy (non-hydrogen) atoms. The van der Waals surface area contributed by atoms with Gasteiger partial charge in [-0.3, -0.25) is 9.69 Å². The highest BCUT2D eigenvalue weighted by atomic mass is 79.9.